The molecular formula is C14H18N4OS. The number of hydrogen-bond acceptors (Lipinski definition) is 4. The van der Waals surface area contributed by atoms with Crippen molar-refractivity contribution in [2.75, 3.05) is 13.1 Å². The van der Waals surface area contributed by atoms with Gasteiger partial charge in [-0.15, -0.1) is 11.3 Å². The van der Waals surface area contributed by atoms with E-state index in [0.29, 0.717) is 12.5 Å². The number of likely N-dealkylation sites (tertiary alicyclic amines) is 1. The average Bonchev–Trinajstić information content (AvgIpc) is 3.10. The fourth-order valence-electron chi connectivity index (χ4n) is 2.60. The Balaban J connectivity index is 1.64. The first kappa shape index (κ1) is 13.3. The maximum Gasteiger partial charge on any atom is 0.242 e. The molecule has 1 aliphatic heterocycles. The lowest BCUT2D eigenvalue weighted by atomic mass is 9.99. The van der Waals surface area contributed by atoms with E-state index in [4.69, 9.17) is 0 Å². The van der Waals surface area contributed by atoms with Crippen molar-refractivity contribution >= 4 is 17.2 Å². The van der Waals surface area contributed by atoms with E-state index >= 15 is 0 Å². The Bertz CT molecular complexity index is 578. The molecular weight excluding hydrogens is 272 g/mol. The molecule has 1 fully saturated rings. The van der Waals surface area contributed by atoms with Gasteiger partial charge in [-0.3, -0.25) is 4.79 Å². The first-order valence-electron chi connectivity index (χ1n) is 6.88. The lowest BCUT2D eigenvalue weighted by molar-refractivity contribution is -0.133. The topological polar surface area (TPSA) is 51.0 Å². The minimum absolute atomic E-state index is 0.168. The summed E-state index contributed by atoms with van der Waals surface area (Å²) in [7, 11) is 0. The minimum atomic E-state index is 0.168. The molecule has 20 heavy (non-hydrogen) atoms. The monoisotopic (exact) mass is 290 g/mol. The Hall–Kier alpha value is -1.69. The molecule has 0 unspecified atom stereocenters. The molecule has 1 atom stereocenters. The van der Waals surface area contributed by atoms with E-state index < -0.39 is 0 Å². The number of carbonyl (C=O) groups excluding carboxylic acids is 1. The van der Waals surface area contributed by atoms with Crippen LogP contribution in [0.4, 0.5) is 0 Å². The van der Waals surface area contributed by atoms with Crippen LogP contribution in [0, 0.1) is 6.92 Å². The summed E-state index contributed by atoms with van der Waals surface area (Å²) in [6.07, 6.45) is 9.31. The smallest absolute Gasteiger partial charge is 0.242 e. The van der Waals surface area contributed by atoms with E-state index in [1.54, 1.807) is 23.9 Å². The minimum Gasteiger partial charge on any atom is -0.340 e. The largest absolute Gasteiger partial charge is 0.340 e. The highest BCUT2D eigenvalue weighted by Gasteiger charge is 2.26. The van der Waals surface area contributed by atoms with Crippen LogP contribution in [-0.2, 0) is 11.3 Å². The number of piperidine rings is 1. The van der Waals surface area contributed by atoms with Crippen LogP contribution in [0.25, 0.3) is 0 Å². The summed E-state index contributed by atoms with van der Waals surface area (Å²) in [6, 6.07) is 0. The van der Waals surface area contributed by atoms with E-state index in [9.17, 15) is 4.79 Å². The number of rotatable bonds is 3. The molecule has 106 valence electrons. The maximum atomic E-state index is 12.3. The van der Waals surface area contributed by atoms with Gasteiger partial charge in [-0.05, 0) is 19.8 Å². The molecule has 1 aliphatic rings. The summed E-state index contributed by atoms with van der Waals surface area (Å²) >= 11 is 1.75. The number of hydrogen-bond donors (Lipinski definition) is 0. The molecule has 3 heterocycles. The summed E-state index contributed by atoms with van der Waals surface area (Å²) < 4.78 is 1.82. The molecule has 0 N–H and O–H groups in total. The molecule has 6 heteroatoms. The Morgan fingerprint density at radius 3 is 3.15 bits per heavy atom. The van der Waals surface area contributed by atoms with Gasteiger partial charge in [0.05, 0.1) is 11.3 Å². The highest BCUT2D eigenvalue weighted by molar-refractivity contribution is 7.11. The molecule has 1 saturated heterocycles. The molecule has 0 radical (unpaired) electrons. The number of amides is 1. The molecule has 2 aromatic heterocycles. The van der Waals surface area contributed by atoms with Crippen LogP contribution < -0.4 is 0 Å². The summed E-state index contributed by atoms with van der Waals surface area (Å²) in [4.78, 5) is 24.0. The van der Waals surface area contributed by atoms with Gasteiger partial charge in [0.15, 0.2) is 0 Å². The van der Waals surface area contributed by atoms with E-state index in [1.165, 1.54) is 9.88 Å². The second-order valence-electron chi connectivity index (χ2n) is 5.22. The standard InChI is InChI=1S/C14H18N4OS/c1-11-7-16-14(20-11)12-3-2-5-18(8-12)13(19)9-17-6-4-15-10-17/h4,6-7,10,12H,2-3,5,8-9H2,1H3/t12-/m0/s1. The molecule has 0 aromatic carbocycles. The number of thiazole rings is 1. The van der Waals surface area contributed by atoms with E-state index in [1.807, 2.05) is 21.9 Å². The number of carbonyl (C=O) groups is 1. The van der Waals surface area contributed by atoms with Gasteiger partial charge >= 0.3 is 0 Å². The van der Waals surface area contributed by atoms with Gasteiger partial charge in [0.25, 0.3) is 0 Å². The highest BCUT2D eigenvalue weighted by Crippen LogP contribution is 2.29. The normalized spacial score (nSPS) is 19.2. The zero-order valence-electron chi connectivity index (χ0n) is 11.5. The molecule has 0 aliphatic carbocycles. The Kier molecular flexibility index (Phi) is 3.82. The Morgan fingerprint density at radius 2 is 2.45 bits per heavy atom. The first-order valence-corrected chi connectivity index (χ1v) is 7.70. The van der Waals surface area contributed by atoms with Crippen LogP contribution in [0.5, 0.6) is 0 Å². The zero-order valence-corrected chi connectivity index (χ0v) is 12.3. The molecule has 0 saturated carbocycles. The molecule has 3 rings (SSSR count). The summed E-state index contributed by atoms with van der Waals surface area (Å²) in [5.41, 5.74) is 0. The third-order valence-electron chi connectivity index (χ3n) is 3.64. The number of aromatic nitrogens is 3. The summed E-state index contributed by atoms with van der Waals surface area (Å²) in [5, 5.41) is 1.17. The van der Waals surface area contributed by atoms with Gasteiger partial charge in [0.1, 0.15) is 6.54 Å². The van der Waals surface area contributed by atoms with Crippen molar-refractivity contribution in [3.05, 3.63) is 34.8 Å². The lowest BCUT2D eigenvalue weighted by Crippen LogP contribution is -2.40. The van der Waals surface area contributed by atoms with Crippen LogP contribution >= 0.6 is 11.3 Å². The second-order valence-corrected chi connectivity index (χ2v) is 6.49. The average molecular weight is 290 g/mol. The SMILES string of the molecule is Cc1cnc([C@H]2CCCN(C(=O)Cn3ccnc3)C2)s1. The predicted octanol–water partition coefficient (Wildman–Crippen LogP) is 2.05. The van der Waals surface area contributed by atoms with Gasteiger partial charge < -0.3 is 9.47 Å². The molecule has 1 amide bonds. The number of nitrogens with zero attached hydrogens (tertiary/aromatic N) is 4. The van der Waals surface area contributed by atoms with Crippen LogP contribution in [0.3, 0.4) is 0 Å². The molecule has 2 aromatic rings. The van der Waals surface area contributed by atoms with Crippen LogP contribution in [0.15, 0.2) is 24.9 Å². The van der Waals surface area contributed by atoms with Crippen LogP contribution in [-0.4, -0.2) is 38.4 Å². The van der Waals surface area contributed by atoms with Crippen molar-refractivity contribution in [1.29, 1.82) is 0 Å². The van der Waals surface area contributed by atoms with Gasteiger partial charge in [-0.2, -0.15) is 0 Å². The van der Waals surface area contributed by atoms with Crippen molar-refractivity contribution in [3.63, 3.8) is 0 Å². The maximum absolute atomic E-state index is 12.3. The molecule has 0 bridgehead atoms. The Labute approximate surface area is 122 Å². The van der Waals surface area contributed by atoms with Gasteiger partial charge in [0.2, 0.25) is 5.91 Å². The van der Waals surface area contributed by atoms with Gasteiger partial charge in [0, 0.05) is 42.5 Å². The van der Waals surface area contributed by atoms with Crippen molar-refractivity contribution in [2.24, 2.45) is 0 Å². The van der Waals surface area contributed by atoms with Crippen molar-refractivity contribution < 1.29 is 4.79 Å². The van der Waals surface area contributed by atoms with E-state index in [0.717, 1.165) is 25.9 Å². The fraction of sp³-hybridized carbons (Fsp3) is 0.500. The quantitative estimate of drug-likeness (QED) is 0.869. The third kappa shape index (κ3) is 2.90. The van der Waals surface area contributed by atoms with Crippen LogP contribution in [0.1, 0.15) is 28.6 Å². The van der Waals surface area contributed by atoms with E-state index in [2.05, 4.69) is 16.9 Å². The predicted molar refractivity (Wildman–Crippen MR) is 77.6 cm³/mol. The number of imidazole rings is 1. The van der Waals surface area contributed by atoms with Gasteiger partial charge in [-0.25, -0.2) is 9.97 Å². The first-order chi connectivity index (χ1) is 9.72. The summed E-state index contributed by atoms with van der Waals surface area (Å²) in [6.45, 7) is 4.10. The fourth-order valence-corrected chi connectivity index (χ4v) is 3.50. The van der Waals surface area contributed by atoms with E-state index in [-0.39, 0.29) is 5.91 Å². The van der Waals surface area contributed by atoms with Crippen molar-refractivity contribution in [1.82, 2.24) is 19.4 Å². The molecule has 5 nitrogen and oxygen atoms in total. The van der Waals surface area contributed by atoms with Gasteiger partial charge in [-0.1, -0.05) is 0 Å². The van der Waals surface area contributed by atoms with Crippen molar-refractivity contribution in [3.8, 4) is 0 Å². The van der Waals surface area contributed by atoms with Crippen LogP contribution in [0.2, 0.25) is 0 Å². The zero-order chi connectivity index (χ0) is 13.9. The highest BCUT2D eigenvalue weighted by atomic mass is 32.1. The lowest BCUT2D eigenvalue weighted by Gasteiger charge is -2.32. The summed E-state index contributed by atoms with van der Waals surface area (Å²) in [5.74, 6) is 0.565. The Morgan fingerprint density at radius 1 is 1.55 bits per heavy atom. The second kappa shape index (κ2) is 5.75. The van der Waals surface area contributed by atoms with Crippen molar-refractivity contribution in [2.45, 2.75) is 32.2 Å². The molecule has 0 spiro atoms. The number of aryl methyl sites for hydroxylation is 1. The third-order valence-corrected chi connectivity index (χ3v) is 4.71.